The molecule has 7 heteroatoms. The van der Waals surface area contributed by atoms with E-state index in [0.717, 1.165) is 28.6 Å². The number of nitrogen functional groups attached to an aromatic ring is 1. The van der Waals surface area contributed by atoms with Crippen LogP contribution in [0.4, 0.5) is 5.13 Å². The maximum atomic E-state index is 5.72. The van der Waals surface area contributed by atoms with Crippen LogP contribution in [0.2, 0.25) is 0 Å². The van der Waals surface area contributed by atoms with Gasteiger partial charge in [-0.25, -0.2) is 4.98 Å². The number of benzene rings is 1. The molecule has 1 aromatic carbocycles. The lowest BCUT2D eigenvalue weighted by Crippen LogP contribution is -2.05. The first-order valence-electron chi connectivity index (χ1n) is 6.77. The van der Waals surface area contributed by atoms with E-state index in [-0.39, 0.29) is 6.10 Å². The van der Waals surface area contributed by atoms with Gasteiger partial charge < -0.3 is 15.0 Å². The summed E-state index contributed by atoms with van der Waals surface area (Å²) in [5, 5.41) is 4.62. The van der Waals surface area contributed by atoms with E-state index >= 15 is 0 Å². The quantitative estimate of drug-likeness (QED) is 0.797. The molecular formula is C14H14N4O2S. The highest BCUT2D eigenvalue weighted by atomic mass is 32.1. The molecule has 2 heterocycles. The number of nitrogens with zero attached hydrogens (tertiary/aromatic N) is 3. The zero-order valence-corrected chi connectivity index (χ0v) is 12.3. The van der Waals surface area contributed by atoms with Crippen molar-refractivity contribution in [3.63, 3.8) is 0 Å². The van der Waals surface area contributed by atoms with E-state index < -0.39 is 0 Å². The summed E-state index contributed by atoms with van der Waals surface area (Å²) in [6.45, 7) is 0. The van der Waals surface area contributed by atoms with Crippen molar-refractivity contribution in [2.75, 3.05) is 12.8 Å². The van der Waals surface area contributed by atoms with Crippen LogP contribution in [0, 0.1) is 5.92 Å². The van der Waals surface area contributed by atoms with Crippen molar-refractivity contribution in [1.29, 1.82) is 0 Å². The van der Waals surface area contributed by atoms with Crippen LogP contribution >= 0.6 is 11.3 Å². The third kappa shape index (κ3) is 2.28. The van der Waals surface area contributed by atoms with E-state index in [0.29, 0.717) is 22.8 Å². The highest BCUT2D eigenvalue weighted by molar-refractivity contribution is 7.22. The molecule has 0 radical (unpaired) electrons. The van der Waals surface area contributed by atoms with Gasteiger partial charge in [0.1, 0.15) is 6.10 Å². The maximum Gasteiger partial charge on any atom is 0.258 e. The van der Waals surface area contributed by atoms with Crippen molar-refractivity contribution in [2.24, 2.45) is 5.92 Å². The molecule has 0 aliphatic heterocycles. The minimum absolute atomic E-state index is 0.0646. The van der Waals surface area contributed by atoms with Crippen molar-refractivity contribution >= 4 is 26.7 Å². The largest absolute Gasteiger partial charge is 0.375 e. The third-order valence-electron chi connectivity index (χ3n) is 3.65. The normalized spacial score (nSPS) is 16.4. The summed E-state index contributed by atoms with van der Waals surface area (Å²) in [6, 6.07) is 5.80. The van der Waals surface area contributed by atoms with Crippen molar-refractivity contribution < 1.29 is 9.26 Å². The molecule has 108 valence electrons. The Morgan fingerprint density at radius 1 is 1.38 bits per heavy atom. The van der Waals surface area contributed by atoms with Gasteiger partial charge in [-0.05, 0) is 37.0 Å². The molecule has 0 spiro atoms. The predicted molar refractivity (Wildman–Crippen MR) is 79.8 cm³/mol. The first kappa shape index (κ1) is 12.7. The zero-order valence-electron chi connectivity index (χ0n) is 11.4. The zero-order chi connectivity index (χ0) is 14.4. The van der Waals surface area contributed by atoms with E-state index in [4.69, 9.17) is 15.0 Å². The molecule has 0 bridgehead atoms. The van der Waals surface area contributed by atoms with Crippen molar-refractivity contribution in [2.45, 2.75) is 18.9 Å². The van der Waals surface area contributed by atoms with Gasteiger partial charge in [-0.2, -0.15) is 4.98 Å². The number of fused-ring (bicyclic) bond motifs is 1. The second-order valence-corrected chi connectivity index (χ2v) is 6.25. The number of rotatable bonds is 4. The van der Waals surface area contributed by atoms with E-state index in [1.54, 1.807) is 7.11 Å². The number of ether oxygens (including phenoxy) is 1. The van der Waals surface area contributed by atoms with Gasteiger partial charge in [-0.15, -0.1) is 0 Å². The monoisotopic (exact) mass is 302 g/mol. The summed E-state index contributed by atoms with van der Waals surface area (Å²) in [5.41, 5.74) is 7.47. The van der Waals surface area contributed by atoms with Gasteiger partial charge in [0.2, 0.25) is 5.82 Å². The molecule has 0 amide bonds. The van der Waals surface area contributed by atoms with Crippen LogP contribution in [0.15, 0.2) is 22.7 Å². The minimum atomic E-state index is -0.0646. The Balaban J connectivity index is 1.69. The number of hydrogen-bond donors (Lipinski definition) is 1. The molecule has 1 unspecified atom stereocenters. The summed E-state index contributed by atoms with van der Waals surface area (Å²) in [6.07, 6.45) is 2.26. The van der Waals surface area contributed by atoms with Crippen LogP contribution < -0.4 is 5.73 Å². The van der Waals surface area contributed by atoms with E-state index in [1.807, 2.05) is 18.2 Å². The Bertz CT molecular complexity index is 793. The Hall–Kier alpha value is -1.99. The van der Waals surface area contributed by atoms with E-state index in [1.165, 1.54) is 11.3 Å². The lowest BCUT2D eigenvalue weighted by Gasteiger charge is -2.08. The van der Waals surface area contributed by atoms with Crippen LogP contribution in [-0.2, 0) is 4.74 Å². The van der Waals surface area contributed by atoms with Gasteiger partial charge >= 0.3 is 0 Å². The Morgan fingerprint density at radius 2 is 2.24 bits per heavy atom. The predicted octanol–water partition coefficient (Wildman–Crippen LogP) is 3.03. The lowest BCUT2D eigenvalue weighted by molar-refractivity contribution is 0.0751. The molecule has 1 atom stereocenters. The molecule has 1 fully saturated rings. The van der Waals surface area contributed by atoms with Gasteiger partial charge in [0.25, 0.3) is 5.89 Å². The molecule has 1 saturated carbocycles. The Kier molecular flexibility index (Phi) is 2.90. The second kappa shape index (κ2) is 4.78. The number of methoxy groups -OCH3 is 1. The van der Waals surface area contributed by atoms with Gasteiger partial charge in [0.05, 0.1) is 10.2 Å². The van der Waals surface area contributed by atoms with Crippen LogP contribution in [0.1, 0.15) is 24.8 Å². The fourth-order valence-electron chi connectivity index (χ4n) is 2.45. The smallest absolute Gasteiger partial charge is 0.258 e. The summed E-state index contributed by atoms with van der Waals surface area (Å²) >= 11 is 1.45. The van der Waals surface area contributed by atoms with Crippen LogP contribution in [0.3, 0.4) is 0 Å². The maximum absolute atomic E-state index is 5.72. The highest BCUT2D eigenvalue weighted by Crippen LogP contribution is 2.42. The molecule has 2 N–H and O–H groups in total. The fourth-order valence-corrected chi connectivity index (χ4v) is 3.22. The average Bonchev–Trinajstić information content (AvgIpc) is 3.06. The van der Waals surface area contributed by atoms with Crippen molar-refractivity contribution in [1.82, 2.24) is 15.1 Å². The van der Waals surface area contributed by atoms with Crippen LogP contribution in [-0.4, -0.2) is 22.2 Å². The fraction of sp³-hybridized carbons (Fsp3) is 0.357. The number of aromatic nitrogens is 3. The second-order valence-electron chi connectivity index (χ2n) is 5.19. The van der Waals surface area contributed by atoms with Gasteiger partial charge in [0, 0.05) is 12.7 Å². The first-order chi connectivity index (χ1) is 10.2. The number of hydrogen-bond acceptors (Lipinski definition) is 7. The molecule has 2 aromatic heterocycles. The molecule has 4 rings (SSSR count). The van der Waals surface area contributed by atoms with Crippen molar-refractivity contribution in [3.05, 3.63) is 24.0 Å². The average molecular weight is 302 g/mol. The molecule has 1 aliphatic carbocycles. The number of anilines is 1. The lowest BCUT2D eigenvalue weighted by atomic mass is 10.2. The SMILES string of the molecule is COC(c1noc(-c2ccc3nc(N)sc3c2)n1)C1CC1. The standard InChI is InChI=1S/C14H14N4O2S/c1-19-11(7-2-3-7)12-17-13(20-18-12)8-4-5-9-10(6-8)21-14(15)16-9/h4-7,11H,2-3H2,1H3,(H2,15,16). The molecule has 0 saturated heterocycles. The number of thiazole rings is 1. The van der Waals surface area contributed by atoms with Crippen molar-refractivity contribution in [3.8, 4) is 11.5 Å². The first-order valence-corrected chi connectivity index (χ1v) is 7.59. The molecular weight excluding hydrogens is 288 g/mol. The topological polar surface area (TPSA) is 87.1 Å². The third-order valence-corrected chi connectivity index (χ3v) is 4.50. The Morgan fingerprint density at radius 3 is 3.00 bits per heavy atom. The van der Waals surface area contributed by atoms with Gasteiger partial charge in [0.15, 0.2) is 5.13 Å². The molecule has 21 heavy (non-hydrogen) atoms. The van der Waals surface area contributed by atoms with E-state index in [9.17, 15) is 0 Å². The number of nitrogens with two attached hydrogens (primary N) is 1. The summed E-state index contributed by atoms with van der Waals surface area (Å²) in [7, 11) is 1.69. The highest BCUT2D eigenvalue weighted by Gasteiger charge is 2.35. The van der Waals surface area contributed by atoms with Crippen LogP contribution in [0.5, 0.6) is 0 Å². The van der Waals surface area contributed by atoms with Crippen LogP contribution in [0.25, 0.3) is 21.7 Å². The Labute approximate surface area is 124 Å². The molecule has 6 nitrogen and oxygen atoms in total. The van der Waals surface area contributed by atoms with Gasteiger partial charge in [-0.3, -0.25) is 0 Å². The minimum Gasteiger partial charge on any atom is -0.375 e. The summed E-state index contributed by atoms with van der Waals surface area (Å²) < 4.78 is 11.9. The van der Waals surface area contributed by atoms with Gasteiger partial charge in [-0.1, -0.05) is 16.5 Å². The van der Waals surface area contributed by atoms with E-state index in [2.05, 4.69) is 15.1 Å². The molecule has 3 aromatic rings. The molecule has 1 aliphatic rings. The summed E-state index contributed by atoms with van der Waals surface area (Å²) in [5.74, 6) is 1.64. The summed E-state index contributed by atoms with van der Waals surface area (Å²) in [4.78, 5) is 8.71.